The van der Waals surface area contributed by atoms with E-state index in [1.165, 1.54) is 19.8 Å². The van der Waals surface area contributed by atoms with E-state index in [0.717, 1.165) is 32.5 Å². The van der Waals surface area contributed by atoms with Gasteiger partial charge in [0.2, 0.25) is 11.8 Å². The molecule has 0 saturated carbocycles. The molecule has 0 radical (unpaired) electrons. The van der Waals surface area contributed by atoms with Crippen LogP contribution in [0.4, 0.5) is 0 Å². The van der Waals surface area contributed by atoms with Crippen molar-refractivity contribution >= 4 is 11.8 Å². The van der Waals surface area contributed by atoms with Crippen LogP contribution in [0.15, 0.2) is 0 Å². The second kappa shape index (κ2) is 8.64. The Morgan fingerprint density at radius 2 is 1.91 bits per heavy atom. The summed E-state index contributed by atoms with van der Waals surface area (Å²) in [6.07, 6.45) is 5.05. The van der Waals surface area contributed by atoms with Crippen LogP contribution in [0.5, 0.6) is 0 Å². The SMILES string of the molecule is CCN1CCC[C@@H]1[C@H]1CCCN1C(=O)[C@H](CCOC)NC(C)=O. The monoisotopic (exact) mass is 325 g/mol. The van der Waals surface area contributed by atoms with Gasteiger partial charge in [0.25, 0.3) is 0 Å². The van der Waals surface area contributed by atoms with Crippen molar-refractivity contribution in [1.82, 2.24) is 15.1 Å². The van der Waals surface area contributed by atoms with Gasteiger partial charge in [0.15, 0.2) is 0 Å². The minimum absolute atomic E-state index is 0.0581. The first-order valence-corrected chi connectivity index (χ1v) is 8.89. The summed E-state index contributed by atoms with van der Waals surface area (Å²) >= 11 is 0. The van der Waals surface area contributed by atoms with Crippen LogP contribution in [-0.4, -0.2) is 73.1 Å². The molecule has 1 N–H and O–H groups in total. The van der Waals surface area contributed by atoms with Crippen molar-refractivity contribution < 1.29 is 14.3 Å². The predicted molar refractivity (Wildman–Crippen MR) is 89.1 cm³/mol. The minimum Gasteiger partial charge on any atom is -0.385 e. The molecule has 0 bridgehead atoms. The van der Waals surface area contributed by atoms with Gasteiger partial charge in [0.05, 0.1) is 0 Å². The molecule has 2 saturated heterocycles. The Hall–Kier alpha value is -1.14. The molecule has 0 unspecified atom stereocenters. The second-order valence-electron chi connectivity index (χ2n) is 6.61. The van der Waals surface area contributed by atoms with E-state index in [1.807, 2.05) is 4.90 Å². The summed E-state index contributed by atoms with van der Waals surface area (Å²) < 4.78 is 5.10. The Morgan fingerprint density at radius 3 is 2.57 bits per heavy atom. The van der Waals surface area contributed by atoms with Gasteiger partial charge in [-0.2, -0.15) is 0 Å². The standard InChI is InChI=1S/C17H31N3O3/c1-4-19-10-5-7-15(19)16-8-6-11-20(16)17(22)14(9-12-23-3)18-13(2)21/h14-16H,4-12H2,1-3H3,(H,18,21)/t14-,15+,16+/m0/s1. The number of ether oxygens (including phenoxy) is 1. The maximum atomic E-state index is 13.0. The molecule has 0 aromatic heterocycles. The first-order chi connectivity index (χ1) is 11.1. The highest BCUT2D eigenvalue weighted by atomic mass is 16.5. The molecular formula is C17H31N3O3. The van der Waals surface area contributed by atoms with Crippen molar-refractivity contribution in [2.75, 3.05) is 33.4 Å². The molecule has 6 heteroatoms. The molecule has 2 amide bonds. The third-order valence-electron chi connectivity index (χ3n) is 5.13. The Bertz CT molecular complexity index is 416. The smallest absolute Gasteiger partial charge is 0.245 e. The molecule has 2 aliphatic rings. The molecule has 6 nitrogen and oxygen atoms in total. The molecule has 2 rings (SSSR count). The largest absolute Gasteiger partial charge is 0.385 e. The number of rotatable bonds is 7. The zero-order valence-electron chi connectivity index (χ0n) is 14.7. The lowest BCUT2D eigenvalue weighted by Gasteiger charge is -2.36. The first-order valence-electron chi connectivity index (χ1n) is 8.89. The van der Waals surface area contributed by atoms with Crippen molar-refractivity contribution in [3.8, 4) is 0 Å². The molecule has 132 valence electrons. The summed E-state index contributed by atoms with van der Waals surface area (Å²) in [6.45, 7) is 7.11. The Morgan fingerprint density at radius 1 is 1.22 bits per heavy atom. The van der Waals surface area contributed by atoms with Gasteiger partial charge in [0, 0.05) is 39.3 Å². The van der Waals surface area contributed by atoms with Crippen LogP contribution in [0.3, 0.4) is 0 Å². The fourth-order valence-electron chi connectivity index (χ4n) is 4.09. The predicted octanol–water partition coefficient (Wildman–Crippen LogP) is 1.00. The molecule has 0 aromatic rings. The number of hydrogen-bond acceptors (Lipinski definition) is 4. The van der Waals surface area contributed by atoms with Crippen LogP contribution in [0.25, 0.3) is 0 Å². The number of likely N-dealkylation sites (N-methyl/N-ethyl adjacent to an activating group) is 1. The number of carbonyl (C=O) groups excluding carboxylic acids is 2. The van der Waals surface area contributed by atoms with Crippen LogP contribution < -0.4 is 5.32 Å². The average Bonchev–Trinajstić information content (AvgIpc) is 3.17. The summed E-state index contributed by atoms with van der Waals surface area (Å²) in [6, 6.07) is 0.306. The summed E-state index contributed by atoms with van der Waals surface area (Å²) in [5.74, 6) is -0.103. The van der Waals surface area contributed by atoms with Crippen LogP contribution >= 0.6 is 0 Å². The maximum absolute atomic E-state index is 13.0. The lowest BCUT2D eigenvalue weighted by atomic mass is 10.0. The van der Waals surface area contributed by atoms with Crippen LogP contribution in [0, 0.1) is 0 Å². The number of nitrogens with one attached hydrogen (secondary N) is 1. The van der Waals surface area contributed by atoms with E-state index in [-0.39, 0.29) is 11.8 Å². The van der Waals surface area contributed by atoms with Crippen molar-refractivity contribution in [2.45, 2.75) is 64.1 Å². The van der Waals surface area contributed by atoms with Gasteiger partial charge in [-0.05, 0) is 45.2 Å². The highest BCUT2D eigenvalue weighted by Crippen LogP contribution is 2.30. The van der Waals surface area contributed by atoms with Gasteiger partial charge in [-0.25, -0.2) is 0 Å². The van der Waals surface area contributed by atoms with Crippen molar-refractivity contribution in [3.05, 3.63) is 0 Å². The number of nitrogens with zero attached hydrogens (tertiary/aromatic N) is 2. The van der Waals surface area contributed by atoms with Crippen LogP contribution in [0.1, 0.15) is 46.0 Å². The van der Waals surface area contributed by atoms with Crippen molar-refractivity contribution in [1.29, 1.82) is 0 Å². The van der Waals surface area contributed by atoms with E-state index in [9.17, 15) is 9.59 Å². The zero-order valence-corrected chi connectivity index (χ0v) is 14.7. The topological polar surface area (TPSA) is 61.9 Å². The summed E-state index contributed by atoms with van der Waals surface area (Å²) in [5.41, 5.74) is 0. The van der Waals surface area contributed by atoms with Gasteiger partial charge in [-0.1, -0.05) is 6.92 Å². The third-order valence-corrected chi connectivity index (χ3v) is 5.13. The number of amides is 2. The van der Waals surface area contributed by atoms with E-state index in [0.29, 0.717) is 25.1 Å². The average molecular weight is 325 g/mol. The van der Waals surface area contributed by atoms with E-state index in [4.69, 9.17) is 4.74 Å². The van der Waals surface area contributed by atoms with Gasteiger partial charge < -0.3 is 15.0 Å². The Labute approximate surface area is 139 Å². The summed E-state index contributed by atoms with van der Waals surface area (Å²) in [7, 11) is 1.62. The van der Waals surface area contributed by atoms with Crippen LogP contribution in [0.2, 0.25) is 0 Å². The molecule has 2 heterocycles. The van der Waals surface area contributed by atoms with E-state index >= 15 is 0 Å². The Balaban J connectivity index is 2.06. The number of hydrogen-bond donors (Lipinski definition) is 1. The maximum Gasteiger partial charge on any atom is 0.245 e. The highest BCUT2D eigenvalue weighted by molar-refractivity contribution is 5.87. The minimum atomic E-state index is -0.468. The molecule has 3 atom stereocenters. The van der Waals surface area contributed by atoms with E-state index in [1.54, 1.807) is 7.11 Å². The molecule has 2 fully saturated rings. The van der Waals surface area contributed by atoms with Gasteiger partial charge in [-0.15, -0.1) is 0 Å². The number of likely N-dealkylation sites (tertiary alicyclic amines) is 2. The number of carbonyl (C=O) groups is 2. The molecule has 0 spiro atoms. The highest BCUT2D eigenvalue weighted by Gasteiger charge is 2.40. The zero-order chi connectivity index (χ0) is 16.8. The molecule has 23 heavy (non-hydrogen) atoms. The number of methoxy groups -OCH3 is 1. The van der Waals surface area contributed by atoms with Crippen molar-refractivity contribution in [2.24, 2.45) is 0 Å². The van der Waals surface area contributed by atoms with E-state index in [2.05, 4.69) is 17.1 Å². The molecule has 2 aliphatic heterocycles. The van der Waals surface area contributed by atoms with Gasteiger partial charge in [0.1, 0.15) is 6.04 Å². The molecular weight excluding hydrogens is 294 g/mol. The lowest BCUT2D eigenvalue weighted by Crippen LogP contribution is -2.54. The normalized spacial score (nSPS) is 26.5. The first kappa shape index (κ1) is 18.2. The quantitative estimate of drug-likeness (QED) is 0.759. The fourth-order valence-corrected chi connectivity index (χ4v) is 4.09. The van der Waals surface area contributed by atoms with Crippen LogP contribution in [-0.2, 0) is 14.3 Å². The Kier molecular flexibility index (Phi) is 6.84. The summed E-state index contributed by atoms with van der Waals surface area (Å²) in [4.78, 5) is 28.9. The second-order valence-corrected chi connectivity index (χ2v) is 6.61. The molecule has 0 aliphatic carbocycles. The summed E-state index contributed by atoms with van der Waals surface area (Å²) in [5, 5.41) is 2.80. The van der Waals surface area contributed by atoms with Crippen molar-refractivity contribution in [3.63, 3.8) is 0 Å². The van der Waals surface area contributed by atoms with Gasteiger partial charge >= 0.3 is 0 Å². The molecule has 0 aromatic carbocycles. The lowest BCUT2D eigenvalue weighted by molar-refractivity contribution is -0.138. The third kappa shape index (κ3) is 4.44. The van der Waals surface area contributed by atoms with E-state index < -0.39 is 6.04 Å². The van der Waals surface area contributed by atoms with Gasteiger partial charge in [-0.3, -0.25) is 14.5 Å². The fraction of sp³-hybridized carbons (Fsp3) is 0.882.